The molecule has 21 heavy (non-hydrogen) atoms. The van der Waals surface area contributed by atoms with E-state index in [2.05, 4.69) is 10.4 Å². The minimum atomic E-state index is -4.61. The molecule has 1 aliphatic heterocycles. The molecule has 0 saturated carbocycles. The minimum Gasteiger partial charge on any atom is -0.382 e. The van der Waals surface area contributed by atoms with Gasteiger partial charge in [0.15, 0.2) is 6.10 Å². The Kier molecular flexibility index (Phi) is 4.60. The highest BCUT2D eigenvalue weighted by Crippen LogP contribution is 2.33. The first-order valence-electron chi connectivity index (χ1n) is 6.81. The molecule has 0 radical (unpaired) electrons. The molecule has 0 aromatic carbocycles. The van der Waals surface area contributed by atoms with E-state index < -0.39 is 18.8 Å². The lowest BCUT2D eigenvalue weighted by molar-refractivity contribution is -0.202. The average molecular weight is 307 g/mol. The zero-order valence-electron chi connectivity index (χ0n) is 12.2. The topological polar surface area (TPSA) is 59.3 Å². The monoisotopic (exact) mass is 307 g/mol. The second kappa shape index (κ2) is 5.94. The average Bonchev–Trinajstić information content (AvgIpc) is 2.91. The summed E-state index contributed by atoms with van der Waals surface area (Å²) in [5, 5.41) is 16.1. The van der Waals surface area contributed by atoms with E-state index in [1.165, 1.54) is 0 Å². The van der Waals surface area contributed by atoms with Crippen molar-refractivity contribution < 1.29 is 23.0 Å². The fraction of sp³-hybridized carbons (Fsp3) is 0.769. The molecule has 120 valence electrons. The smallest absolute Gasteiger partial charge is 0.382 e. The number of nitrogens with zero attached hydrogens (tertiary/aromatic N) is 2. The van der Waals surface area contributed by atoms with Crippen LogP contribution in [-0.4, -0.2) is 46.4 Å². The van der Waals surface area contributed by atoms with Gasteiger partial charge in [-0.25, -0.2) is 0 Å². The van der Waals surface area contributed by atoms with Crippen LogP contribution in [0, 0.1) is 13.8 Å². The van der Waals surface area contributed by atoms with Crippen LogP contribution in [0.25, 0.3) is 0 Å². The Morgan fingerprint density at radius 1 is 1.48 bits per heavy atom. The highest BCUT2D eigenvalue weighted by molar-refractivity contribution is 5.29. The Labute approximate surface area is 121 Å². The van der Waals surface area contributed by atoms with Gasteiger partial charge in [0, 0.05) is 37.5 Å². The van der Waals surface area contributed by atoms with Gasteiger partial charge >= 0.3 is 6.18 Å². The van der Waals surface area contributed by atoms with E-state index in [0.717, 1.165) is 17.0 Å². The molecular formula is C13H20F3N3O2. The summed E-state index contributed by atoms with van der Waals surface area (Å²) in [5.41, 5.74) is 2.65. The molecule has 1 unspecified atom stereocenters. The lowest BCUT2D eigenvalue weighted by Gasteiger charge is -2.23. The number of rotatable bonds is 4. The van der Waals surface area contributed by atoms with Crippen molar-refractivity contribution in [2.45, 2.75) is 44.7 Å². The molecule has 0 spiro atoms. The number of halogens is 3. The van der Waals surface area contributed by atoms with Gasteiger partial charge in [0.1, 0.15) is 6.10 Å². The van der Waals surface area contributed by atoms with Crippen molar-refractivity contribution in [3.05, 3.63) is 17.0 Å². The highest BCUT2D eigenvalue weighted by Gasteiger charge is 2.40. The van der Waals surface area contributed by atoms with Gasteiger partial charge in [-0.05, 0) is 20.3 Å². The summed E-state index contributed by atoms with van der Waals surface area (Å²) in [6, 6.07) is -0.261. The molecule has 0 aliphatic carbocycles. The second-order valence-corrected chi connectivity index (χ2v) is 5.36. The number of nitrogens with one attached hydrogen (secondary N) is 1. The van der Waals surface area contributed by atoms with Gasteiger partial charge < -0.3 is 15.2 Å². The van der Waals surface area contributed by atoms with Gasteiger partial charge in [-0.1, -0.05) is 0 Å². The summed E-state index contributed by atoms with van der Waals surface area (Å²) in [5.74, 6) is 0. The van der Waals surface area contributed by atoms with E-state index in [-0.39, 0.29) is 12.1 Å². The number of aryl methyl sites for hydroxylation is 2. The number of aliphatic hydroxyl groups excluding tert-OH is 1. The minimum absolute atomic E-state index is 0.261. The molecule has 3 atom stereocenters. The fourth-order valence-corrected chi connectivity index (χ4v) is 2.66. The summed E-state index contributed by atoms with van der Waals surface area (Å²) < 4.78 is 44.4. The fourth-order valence-electron chi connectivity index (χ4n) is 2.66. The number of aromatic nitrogens is 2. The standard InChI is InChI=1S/C13H20F3N3O2/c1-7-11(8(2)19(3)18-7)12-9(4-5-21-12)17-6-10(20)13(14,15)16/h9-10,12,17,20H,4-6H2,1-3H3/t9-,10?,12-/m0/s1. The van der Waals surface area contributed by atoms with E-state index >= 15 is 0 Å². The summed E-state index contributed by atoms with van der Waals surface area (Å²) in [6.07, 6.45) is -6.71. The van der Waals surface area contributed by atoms with Crippen LogP contribution in [0.5, 0.6) is 0 Å². The van der Waals surface area contributed by atoms with Gasteiger partial charge in [-0.3, -0.25) is 4.68 Å². The van der Waals surface area contributed by atoms with Crippen molar-refractivity contribution in [3.8, 4) is 0 Å². The van der Waals surface area contributed by atoms with Crippen LogP contribution in [0.15, 0.2) is 0 Å². The molecule has 1 saturated heterocycles. The van der Waals surface area contributed by atoms with Crippen LogP contribution in [0.4, 0.5) is 13.2 Å². The third-order valence-electron chi connectivity index (χ3n) is 3.89. The van der Waals surface area contributed by atoms with Crippen molar-refractivity contribution in [1.29, 1.82) is 0 Å². The van der Waals surface area contributed by atoms with Crippen LogP contribution in [0.2, 0.25) is 0 Å². The Hall–Kier alpha value is -1.12. The van der Waals surface area contributed by atoms with Gasteiger partial charge in [-0.2, -0.15) is 18.3 Å². The molecule has 8 heteroatoms. The number of alkyl halides is 3. The van der Waals surface area contributed by atoms with Crippen molar-refractivity contribution in [1.82, 2.24) is 15.1 Å². The highest BCUT2D eigenvalue weighted by atomic mass is 19.4. The zero-order valence-corrected chi connectivity index (χ0v) is 12.2. The van der Waals surface area contributed by atoms with Crippen molar-refractivity contribution >= 4 is 0 Å². The van der Waals surface area contributed by atoms with Crippen LogP contribution >= 0.6 is 0 Å². The molecule has 1 aromatic rings. The summed E-state index contributed by atoms with van der Waals surface area (Å²) in [6.45, 7) is 3.69. The summed E-state index contributed by atoms with van der Waals surface area (Å²) in [4.78, 5) is 0. The van der Waals surface area contributed by atoms with E-state index in [1.807, 2.05) is 20.9 Å². The number of hydrogen-bond donors (Lipinski definition) is 2. The third-order valence-corrected chi connectivity index (χ3v) is 3.89. The Bertz CT molecular complexity index is 502. The second-order valence-electron chi connectivity index (χ2n) is 5.36. The van der Waals surface area contributed by atoms with Gasteiger partial charge in [0.05, 0.1) is 5.69 Å². The molecule has 1 aliphatic rings. The molecule has 0 bridgehead atoms. The normalized spacial score (nSPS) is 24.5. The van der Waals surface area contributed by atoms with Crippen molar-refractivity contribution in [2.24, 2.45) is 7.05 Å². The lowest BCUT2D eigenvalue weighted by Crippen LogP contribution is -2.43. The van der Waals surface area contributed by atoms with Crippen LogP contribution in [0.1, 0.15) is 29.5 Å². The molecule has 0 amide bonds. The number of aliphatic hydroxyl groups is 1. The van der Waals surface area contributed by atoms with E-state index in [9.17, 15) is 13.2 Å². The van der Waals surface area contributed by atoms with E-state index in [0.29, 0.717) is 13.0 Å². The molecule has 2 N–H and O–H groups in total. The Morgan fingerprint density at radius 2 is 2.14 bits per heavy atom. The molecule has 1 fully saturated rings. The Morgan fingerprint density at radius 3 is 2.67 bits per heavy atom. The first kappa shape index (κ1) is 16.3. The van der Waals surface area contributed by atoms with Gasteiger partial charge in [0.25, 0.3) is 0 Å². The lowest BCUT2D eigenvalue weighted by atomic mass is 10.00. The first-order valence-corrected chi connectivity index (χ1v) is 6.81. The molecule has 2 rings (SSSR count). The van der Waals surface area contributed by atoms with Crippen LogP contribution in [0.3, 0.4) is 0 Å². The molecule has 2 heterocycles. The van der Waals surface area contributed by atoms with E-state index in [1.54, 1.807) is 4.68 Å². The quantitative estimate of drug-likeness (QED) is 0.882. The van der Waals surface area contributed by atoms with Gasteiger partial charge in [0.2, 0.25) is 0 Å². The zero-order chi connectivity index (χ0) is 15.8. The molecule has 5 nitrogen and oxygen atoms in total. The maximum Gasteiger partial charge on any atom is 0.415 e. The van der Waals surface area contributed by atoms with Crippen LogP contribution in [-0.2, 0) is 11.8 Å². The SMILES string of the molecule is Cc1nn(C)c(C)c1[C@H]1OCC[C@@H]1NCC(O)C(F)(F)F. The van der Waals surface area contributed by atoms with Gasteiger partial charge in [-0.15, -0.1) is 0 Å². The van der Waals surface area contributed by atoms with E-state index in [4.69, 9.17) is 9.84 Å². The molecular weight excluding hydrogens is 287 g/mol. The summed E-state index contributed by atoms with van der Waals surface area (Å²) in [7, 11) is 1.82. The maximum atomic E-state index is 12.3. The maximum absolute atomic E-state index is 12.3. The predicted octanol–water partition coefficient (Wildman–Crippen LogP) is 1.38. The number of ether oxygens (including phenoxy) is 1. The Balaban J connectivity index is 2.07. The first-order chi connectivity index (χ1) is 9.71. The van der Waals surface area contributed by atoms with Crippen molar-refractivity contribution in [2.75, 3.05) is 13.2 Å². The third kappa shape index (κ3) is 3.38. The van der Waals surface area contributed by atoms with Crippen molar-refractivity contribution in [3.63, 3.8) is 0 Å². The predicted molar refractivity (Wildman–Crippen MR) is 69.8 cm³/mol. The molecule has 1 aromatic heterocycles. The number of hydrogen-bond acceptors (Lipinski definition) is 4. The van der Waals surface area contributed by atoms with Crippen LogP contribution < -0.4 is 5.32 Å². The summed E-state index contributed by atoms with van der Waals surface area (Å²) >= 11 is 0. The largest absolute Gasteiger partial charge is 0.415 e.